The summed E-state index contributed by atoms with van der Waals surface area (Å²) in [6, 6.07) is 82.2. The molecule has 0 amide bonds. The molecule has 0 atom stereocenters. The summed E-state index contributed by atoms with van der Waals surface area (Å²) >= 11 is 0. The van der Waals surface area contributed by atoms with Crippen LogP contribution in [0, 0.1) is 0 Å². The predicted octanol–water partition coefficient (Wildman–Crippen LogP) is 10.6. The van der Waals surface area contributed by atoms with Crippen LogP contribution in [0.25, 0.3) is 71.7 Å². The summed E-state index contributed by atoms with van der Waals surface area (Å²) in [5, 5.41) is 10.3. The van der Waals surface area contributed by atoms with Gasteiger partial charge >= 0.3 is 0 Å². The Hall–Kier alpha value is -7.73. The molecule has 3 heterocycles. The van der Waals surface area contributed by atoms with Gasteiger partial charge < -0.3 is 9.13 Å². The van der Waals surface area contributed by atoms with Gasteiger partial charge in [-0.1, -0.05) is 170 Å². The lowest BCUT2D eigenvalue weighted by Crippen LogP contribution is -2.74. The molecular weight excluding hydrogens is 745 g/mol. The first-order valence-corrected chi connectivity index (χ1v) is 22.5. The van der Waals surface area contributed by atoms with Crippen LogP contribution in [0.2, 0.25) is 0 Å². The fourth-order valence-electron chi connectivity index (χ4n) is 9.89. The number of hydrogen-bond donors (Lipinski definition) is 0. The van der Waals surface area contributed by atoms with E-state index in [0.29, 0.717) is 0 Å². The number of para-hydroxylation sites is 4. The number of imidazole rings is 1. The molecule has 0 aliphatic carbocycles. The van der Waals surface area contributed by atoms with Crippen molar-refractivity contribution in [1.29, 1.82) is 0 Å². The maximum atomic E-state index is 5.21. The highest BCUT2D eigenvalue weighted by Crippen LogP contribution is 2.37. The standard InChI is InChI=1S/C55H38N4Si/c1-4-18-42(19-5-1)60(43-20-6-2-7-21-43,44-22-8-3-9-23-44)45-32-33-55-50(37-45)56-38-57(55)39-34-40(58-51-28-14-10-24-46(51)47-25-11-15-29-52(47)58)36-41(35-39)59-53-30-16-12-26-48(53)49-27-13-17-31-54(49)59/h1-38H. The first-order valence-electron chi connectivity index (χ1n) is 20.5. The third-order valence-corrected chi connectivity index (χ3v) is 17.2. The van der Waals surface area contributed by atoms with Gasteiger partial charge in [0.25, 0.3) is 0 Å². The van der Waals surface area contributed by atoms with Gasteiger partial charge in [-0.05, 0) is 75.3 Å². The van der Waals surface area contributed by atoms with Crippen LogP contribution >= 0.6 is 0 Å². The van der Waals surface area contributed by atoms with Crippen LogP contribution in [0.3, 0.4) is 0 Å². The van der Waals surface area contributed by atoms with Gasteiger partial charge in [-0.3, -0.25) is 4.57 Å². The lowest BCUT2D eigenvalue weighted by molar-refractivity contribution is 1.06. The fourth-order valence-corrected chi connectivity index (χ4v) is 14.7. The molecule has 282 valence electrons. The second-order valence-corrected chi connectivity index (χ2v) is 19.4. The summed E-state index contributed by atoms with van der Waals surface area (Å²) in [7, 11) is -2.74. The Kier molecular flexibility index (Phi) is 7.83. The molecule has 0 aliphatic heterocycles. The van der Waals surface area contributed by atoms with Crippen LogP contribution in [0.1, 0.15) is 0 Å². The SMILES string of the molecule is c1ccc([Si](c2ccccc2)(c2ccccc2)c2ccc3c(c2)ncn3-c2cc(-n3c4ccccc4c4ccccc43)cc(-n3c4ccccc4c4ccccc43)c2)cc1. The predicted molar refractivity (Wildman–Crippen MR) is 253 cm³/mol. The molecule has 4 nitrogen and oxygen atoms in total. The molecule has 0 radical (unpaired) electrons. The molecule has 0 fully saturated rings. The summed E-state index contributed by atoms with van der Waals surface area (Å²) in [6.45, 7) is 0. The molecule has 3 aromatic heterocycles. The summed E-state index contributed by atoms with van der Waals surface area (Å²) in [5.74, 6) is 0. The van der Waals surface area contributed by atoms with Gasteiger partial charge in [0.1, 0.15) is 6.33 Å². The van der Waals surface area contributed by atoms with Gasteiger partial charge in [0, 0.05) is 21.5 Å². The lowest BCUT2D eigenvalue weighted by Gasteiger charge is -2.34. The second kappa shape index (κ2) is 13.7. The number of aromatic nitrogens is 4. The van der Waals surface area contributed by atoms with Crippen LogP contribution in [0.15, 0.2) is 231 Å². The molecule has 0 aliphatic rings. The van der Waals surface area contributed by atoms with Crippen molar-refractivity contribution >= 4 is 83.5 Å². The fraction of sp³-hybridized carbons (Fsp3) is 0. The van der Waals surface area contributed by atoms with Crippen LogP contribution in [0.4, 0.5) is 0 Å². The minimum atomic E-state index is -2.74. The smallest absolute Gasteiger partial charge is 0.179 e. The van der Waals surface area contributed by atoms with Crippen molar-refractivity contribution in [2.24, 2.45) is 0 Å². The van der Waals surface area contributed by atoms with E-state index in [2.05, 4.69) is 238 Å². The lowest BCUT2D eigenvalue weighted by atomic mass is 10.2. The van der Waals surface area contributed by atoms with Crippen molar-refractivity contribution in [3.8, 4) is 17.1 Å². The first kappa shape index (κ1) is 34.3. The van der Waals surface area contributed by atoms with Gasteiger partial charge in [0.15, 0.2) is 8.07 Å². The Balaban J connectivity index is 1.12. The summed E-state index contributed by atoms with van der Waals surface area (Å²) < 4.78 is 7.11. The molecule has 5 heteroatoms. The van der Waals surface area contributed by atoms with Crippen LogP contribution in [-0.2, 0) is 0 Å². The Morgan fingerprint density at radius 3 is 1.08 bits per heavy atom. The maximum Gasteiger partial charge on any atom is 0.179 e. The molecule has 12 aromatic rings. The van der Waals surface area contributed by atoms with Crippen LogP contribution < -0.4 is 20.7 Å². The van der Waals surface area contributed by atoms with E-state index in [0.717, 1.165) is 28.1 Å². The quantitative estimate of drug-likeness (QED) is 0.117. The summed E-state index contributed by atoms with van der Waals surface area (Å²) in [4.78, 5) is 5.21. The zero-order chi connectivity index (χ0) is 39.6. The molecule has 0 bridgehead atoms. The largest absolute Gasteiger partial charge is 0.309 e. The minimum Gasteiger partial charge on any atom is -0.309 e. The highest BCUT2D eigenvalue weighted by atomic mass is 28.3. The van der Waals surface area contributed by atoms with Crippen molar-refractivity contribution in [3.05, 3.63) is 231 Å². The van der Waals surface area contributed by atoms with Crippen molar-refractivity contribution in [2.45, 2.75) is 0 Å². The third kappa shape index (κ3) is 5.13. The third-order valence-electron chi connectivity index (χ3n) is 12.4. The van der Waals surface area contributed by atoms with E-state index in [9.17, 15) is 0 Å². The molecule has 0 unspecified atom stereocenters. The van der Waals surface area contributed by atoms with Gasteiger partial charge in [-0.25, -0.2) is 4.98 Å². The van der Waals surface area contributed by atoms with E-state index in [4.69, 9.17) is 4.98 Å². The Bertz CT molecular complexity index is 3210. The molecular formula is C55H38N4Si. The Morgan fingerprint density at radius 2 is 0.667 bits per heavy atom. The minimum absolute atomic E-state index is 0.966. The van der Waals surface area contributed by atoms with Gasteiger partial charge in [0.05, 0.1) is 50.2 Å². The Morgan fingerprint density at radius 1 is 0.300 bits per heavy atom. The van der Waals surface area contributed by atoms with Gasteiger partial charge in [-0.15, -0.1) is 0 Å². The topological polar surface area (TPSA) is 27.7 Å². The van der Waals surface area contributed by atoms with E-state index < -0.39 is 8.07 Å². The summed E-state index contributed by atoms with van der Waals surface area (Å²) in [6.07, 6.45) is 2.01. The number of benzene rings is 9. The zero-order valence-electron chi connectivity index (χ0n) is 32.7. The van der Waals surface area contributed by atoms with Crippen LogP contribution in [-0.4, -0.2) is 26.8 Å². The van der Waals surface area contributed by atoms with Gasteiger partial charge in [-0.2, -0.15) is 0 Å². The summed E-state index contributed by atoms with van der Waals surface area (Å²) in [5.41, 5.74) is 9.94. The van der Waals surface area contributed by atoms with E-state index >= 15 is 0 Å². The van der Waals surface area contributed by atoms with Crippen molar-refractivity contribution < 1.29 is 0 Å². The van der Waals surface area contributed by atoms with Crippen LogP contribution in [0.5, 0.6) is 0 Å². The molecule has 12 rings (SSSR count). The molecule has 0 spiro atoms. The van der Waals surface area contributed by atoms with Crippen molar-refractivity contribution in [1.82, 2.24) is 18.7 Å². The number of rotatable bonds is 7. The molecule has 0 saturated carbocycles. The highest BCUT2D eigenvalue weighted by molar-refractivity contribution is 7.20. The van der Waals surface area contributed by atoms with Crippen molar-refractivity contribution in [3.63, 3.8) is 0 Å². The van der Waals surface area contributed by atoms with Crippen molar-refractivity contribution in [2.75, 3.05) is 0 Å². The van der Waals surface area contributed by atoms with E-state index in [1.165, 1.54) is 64.4 Å². The normalized spacial score (nSPS) is 12.0. The molecule has 60 heavy (non-hydrogen) atoms. The number of nitrogens with zero attached hydrogens (tertiary/aromatic N) is 4. The van der Waals surface area contributed by atoms with E-state index in [1.807, 2.05) is 6.33 Å². The maximum absolute atomic E-state index is 5.21. The number of hydrogen-bond acceptors (Lipinski definition) is 1. The van der Waals surface area contributed by atoms with Gasteiger partial charge in [0.2, 0.25) is 0 Å². The first-order chi connectivity index (χ1) is 29.8. The average molecular weight is 783 g/mol. The Labute approximate surface area is 348 Å². The highest BCUT2D eigenvalue weighted by Gasteiger charge is 2.41. The average Bonchev–Trinajstić information content (AvgIpc) is 4.01. The molecule has 0 saturated heterocycles. The zero-order valence-corrected chi connectivity index (χ0v) is 33.7. The van der Waals surface area contributed by atoms with E-state index in [-0.39, 0.29) is 0 Å². The number of fused-ring (bicyclic) bond motifs is 7. The monoisotopic (exact) mass is 782 g/mol. The molecule has 9 aromatic carbocycles. The van der Waals surface area contributed by atoms with E-state index in [1.54, 1.807) is 0 Å². The second-order valence-electron chi connectivity index (χ2n) is 15.6. The molecule has 0 N–H and O–H groups in total.